The molecule has 0 bridgehead atoms. The summed E-state index contributed by atoms with van der Waals surface area (Å²) in [4.78, 5) is 24.0. The standard InChI is InChI=1S/C26H35F3N4O4/c1-16(2)30-23-18-15-25(3,4)33(37-24(34)26(27,28)29)22(18)17-13-20(35-5)21(14-19(17)31-23)36-12-8-11-32-9-6-7-10-32/h13-14,16H,6-12,15H2,1-5H3,(H,30,31). The minimum atomic E-state index is -5.13. The lowest BCUT2D eigenvalue weighted by Gasteiger charge is -2.32. The van der Waals surface area contributed by atoms with Crippen LogP contribution in [0.15, 0.2) is 12.1 Å². The van der Waals surface area contributed by atoms with Crippen LogP contribution in [0.25, 0.3) is 10.9 Å². The topological polar surface area (TPSA) is 76.2 Å². The third-order valence-corrected chi connectivity index (χ3v) is 6.61. The first-order chi connectivity index (χ1) is 17.4. The first-order valence-corrected chi connectivity index (χ1v) is 12.7. The first kappa shape index (κ1) is 27.1. The van der Waals surface area contributed by atoms with Crippen molar-refractivity contribution in [1.29, 1.82) is 0 Å². The molecule has 11 heteroatoms. The zero-order chi connectivity index (χ0) is 27.0. The summed E-state index contributed by atoms with van der Waals surface area (Å²) in [5.74, 6) is -0.826. The molecule has 2 aliphatic heterocycles. The Bertz CT molecular complexity index is 1150. The van der Waals surface area contributed by atoms with Gasteiger partial charge in [0.15, 0.2) is 11.5 Å². The maximum Gasteiger partial charge on any atom is 0.493 e. The maximum atomic E-state index is 13.1. The van der Waals surface area contributed by atoms with Gasteiger partial charge in [-0.15, -0.1) is 0 Å². The second-order valence-electron chi connectivity index (χ2n) is 10.5. The van der Waals surface area contributed by atoms with E-state index in [4.69, 9.17) is 19.3 Å². The summed E-state index contributed by atoms with van der Waals surface area (Å²) >= 11 is 0. The van der Waals surface area contributed by atoms with Crippen molar-refractivity contribution in [2.24, 2.45) is 0 Å². The largest absolute Gasteiger partial charge is 0.493 e. The third kappa shape index (κ3) is 5.81. The number of methoxy groups -OCH3 is 1. The number of hydrogen-bond donors (Lipinski definition) is 1. The number of halogens is 3. The summed E-state index contributed by atoms with van der Waals surface area (Å²) in [5.41, 5.74) is 0.574. The molecule has 37 heavy (non-hydrogen) atoms. The fourth-order valence-corrected chi connectivity index (χ4v) is 4.95. The lowest BCUT2D eigenvalue weighted by atomic mass is 9.99. The van der Waals surface area contributed by atoms with E-state index in [1.54, 1.807) is 26.0 Å². The van der Waals surface area contributed by atoms with E-state index in [9.17, 15) is 18.0 Å². The van der Waals surface area contributed by atoms with Gasteiger partial charge < -0.3 is 24.5 Å². The summed E-state index contributed by atoms with van der Waals surface area (Å²) in [7, 11) is 1.51. The van der Waals surface area contributed by atoms with Crippen molar-refractivity contribution in [3.05, 3.63) is 17.7 Å². The van der Waals surface area contributed by atoms with E-state index in [-0.39, 0.29) is 6.04 Å². The van der Waals surface area contributed by atoms with Gasteiger partial charge in [-0.1, -0.05) is 0 Å². The molecule has 1 saturated heterocycles. The Morgan fingerprint density at radius 3 is 2.51 bits per heavy atom. The van der Waals surface area contributed by atoms with Gasteiger partial charge in [-0.05, 0) is 66.1 Å². The van der Waals surface area contributed by atoms with Crippen LogP contribution in [0.2, 0.25) is 0 Å². The van der Waals surface area contributed by atoms with Crippen molar-refractivity contribution >= 4 is 28.4 Å². The zero-order valence-electron chi connectivity index (χ0n) is 22.0. The van der Waals surface area contributed by atoms with Crippen LogP contribution < -0.4 is 19.9 Å². The Labute approximate surface area is 215 Å². The second kappa shape index (κ2) is 10.4. The number of hydrogen-bond acceptors (Lipinski definition) is 8. The summed E-state index contributed by atoms with van der Waals surface area (Å²) < 4.78 is 51.1. The van der Waals surface area contributed by atoms with Gasteiger partial charge in [-0.3, -0.25) is 0 Å². The van der Waals surface area contributed by atoms with Crippen molar-refractivity contribution in [1.82, 2.24) is 9.88 Å². The van der Waals surface area contributed by atoms with E-state index in [1.807, 2.05) is 13.8 Å². The van der Waals surface area contributed by atoms with E-state index in [0.717, 1.165) is 31.1 Å². The molecule has 2 aromatic rings. The third-order valence-electron chi connectivity index (χ3n) is 6.61. The minimum absolute atomic E-state index is 0.0171. The summed E-state index contributed by atoms with van der Waals surface area (Å²) in [6.45, 7) is 11.0. The number of nitrogens with one attached hydrogen (secondary N) is 1. The van der Waals surface area contributed by atoms with E-state index in [1.165, 1.54) is 20.0 Å². The molecule has 204 valence electrons. The Kier molecular flexibility index (Phi) is 7.64. The summed E-state index contributed by atoms with van der Waals surface area (Å²) in [6, 6.07) is 3.43. The van der Waals surface area contributed by atoms with Gasteiger partial charge >= 0.3 is 12.1 Å². The number of hydroxylamine groups is 1. The van der Waals surface area contributed by atoms with Gasteiger partial charge in [0, 0.05) is 36.0 Å². The number of likely N-dealkylation sites (tertiary alicyclic amines) is 1. The lowest BCUT2D eigenvalue weighted by Crippen LogP contribution is -2.45. The van der Waals surface area contributed by atoms with Crippen LogP contribution in [0.4, 0.5) is 24.7 Å². The molecule has 1 fully saturated rings. The molecule has 2 aliphatic rings. The summed E-state index contributed by atoms with van der Waals surface area (Å²) in [6.07, 6.45) is -1.49. The fourth-order valence-electron chi connectivity index (χ4n) is 4.95. The van der Waals surface area contributed by atoms with Crippen LogP contribution in [0.1, 0.15) is 52.5 Å². The Morgan fingerprint density at radius 1 is 1.19 bits per heavy atom. The van der Waals surface area contributed by atoms with Crippen LogP contribution in [0.5, 0.6) is 11.5 Å². The smallest absolute Gasteiger partial charge is 0.493 e. The van der Waals surface area contributed by atoms with Gasteiger partial charge in [0.05, 0.1) is 30.5 Å². The van der Waals surface area contributed by atoms with Crippen molar-refractivity contribution in [3.63, 3.8) is 0 Å². The van der Waals surface area contributed by atoms with Crippen LogP contribution in [-0.2, 0) is 16.1 Å². The minimum Gasteiger partial charge on any atom is -0.493 e. The van der Waals surface area contributed by atoms with E-state index in [2.05, 4.69) is 10.2 Å². The molecule has 0 amide bonds. The van der Waals surface area contributed by atoms with Crippen molar-refractivity contribution in [3.8, 4) is 11.5 Å². The highest BCUT2D eigenvalue weighted by molar-refractivity contribution is 5.99. The maximum absolute atomic E-state index is 13.1. The monoisotopic (exact) mass is 524 g/mol. The number of anilines is 2. The molecular weight excluding hydrogens is 489 g/mol. The fraction of sp³-hybridized carbons (Fsp3) is 0.615. The van der Waals surface area contributed by atoms with Gasteiger partial charge in [0.2, 0.25) is 0 Å². The van der Waals surface area contributed by atoms with Crippen LogP contribution in [0.3, 0.4) is 0 Å². The Morgan fingerprint density at radius 2 is 1.89 bits per heavy atom. The predicted molar refractivity (Wildman–Crippen MR) is 135 cm³/mol. The Hall–Kier alpha value is -2.95. The van der Waals surface area contributed by atoms with Crippen LogP contribution in [0, 0.1) is 0 Å². The average Bonchev–Trinajstić information content (AvgIpc) is 3.41. The molecule has 1 aromatic carbocycles. The molecule has 8 nitrogen and oxygen atoms in total. The number of rotatable bonds is 9. The molecule has 0 saturated carbocycles. The number of nitrogens with zero attached hydrogens (tertiary/aromatic N) is 3. The molecule has 0 spiro atoms. The zero-order valence-corrected chi connectivity index (χ0v) is 22.0. The number of carbonyl (C=O) groups is 1. The quantitative estimate of drug-likeness (QED) is 0.455. The molecule has 4 rings (SSSR count). The molecule has 0 atom stereocenters. The van der Waals surface area contributed by atoms with E-state index in [0.29, 0.717) is 52.5 Å². The molecule has 1 aromatic heterocycles. The normalized spacial score (nSPS) is 17.4. The van der Waals surface area contributed by atoms with Crippen LogP contribution in [-0.4, -0.2) is 67.0 Å². The molecule has 3 heterocycles. The molecule has 0 radical (unpaired) electrons. The van der Waals surface area contributed by atoms with E-state index >= 15 is 0 Å². The van der Waals surface area contributed by atoms with Crippen molar-refractivity contribution in [2.45, 2.75) is 71.1 Å². The molecule has 0 aliphatic carbocycles. The van der Waals surface area contributed by atoms with Crippen molar-refractivity contribution in [2.75, 3.05) is 43.7 Å². The summed E-state index contributed by atoms with van der Waals surface area (Å²) in [5, 5.41) is 4.86. The second-order valence-corrected chi connectivity index (χ2v) is 10.5. The SMILES string of the molecule is COc1cc2c3c(c(NC(C)C)nc2cc1OCCCN1CCCC1)CC(C)(C)N3OC(=O)C(F)(F)F. The number of fused-ring (bicyclic) bond motifs is 3. The van der Waals surface area contributed by atoms with Crippen LogP contribution >= 0.6 is 0 Å². The lowest BCUT2D eigenvalue weighted by molar-refractivity contribution is -0.202. The number of benzene rings is 1. The highest BCUT2D eigenvalue weighted by Crippen LogP contribution is 2.48. The Balaban J connectivity index is 1.73. The molecule has 0 unspecified atom stereocenters. The number of ether oxygens (including phenoxy) is 2. The van der Waals surface area contributed by atoms with Gasteiger partial charge in [-0.25, -0.2) is 9.78 Å². The van der Waals surface area contributed by atoms with Gasteiger partial charge in [0.1, 0.15) is 5.82 Å². The van der Waals surface area contributed by atoms with Gasteiger partial charge in [0.25, 0.3) is 0 Å². The van der Waals surface area contributed by atoms with Crippen molar-refractivity contribution < 1.29 is 32.3 Å². The highest BCUT2D eigenvalue weighted by Gasteiger charge is 2.48. The number of carbonyl (C=O) groups excluding carboxylic acids is 1. The number of aromatic nitrogens is 1. The van der Waals surface area contributed by atoms with Gasteiger partial charge in [-0.2, -0.15) is 18.2 Å². The molecule has 1 N–H and O–H groups in total. The number of pyridine rings is 1. The number of alkyl halides is 3. The van der Waals surface area contributed by atoms with E-state index < -0.39 is 17.7 Å². The highest BCUT2D eigenvalue weighted by atomic mass is 19.4. The predicted octanol–water partition coefficient (Wildman–Crippen LogP) is 5.09. The average molecular weight is 525 g/mol. The molecular formula is C26H35F3N4O4. The first-order valence-electron chi connectivity index (χ1n) is 12.7.